The van der Waals surface area contributed by atoms with Crippen LogP contribution in [-0.4, -0.2) is 36.2 Å². The zero-order chi connectivity index (χ0) is 16.1. The summed E-state index contributed by atoms with van der Waals surface area (Å²) in [5.74, 6) is -1.33. The van der Waals surface area contributed by atoms with Gasteiger partial charge < -0.3 is 9.74 Å². The third-order valence-electron chi connectivity index (χ3n) is 3.65. The van der Waals surface area contributed by atoms with E-state index in [-0.39, 0.29) is 17.9 Å². The minimum atomic E-state index is -0.672. The molecule has 0 fully saturated rings. The van der Waals surface area contributed by atoms with Gasteiger partial charge in [0.05, 0.1) is 12.1 Å². The molecule has 0 radical (unpaired) electrons. The number of hydrogen-bond acceptors (Lipinski definition) is 3. The number of carbonyl (C=O) groups is 1. The van der Waals surface area contributed by atoms with Gasteiger partial charge in [-0.1, -0.05) is 18.5 Å². The second kappa shape index (κ2) is 7.33. The van der Waals surface area contributed by atoms with Crippen molar-refractivity contribution in [2.45, 2.75) is 38.7 Å². The van der Waals surface area contributed by atoms with Gasteiger partial charge in [-0.25, -0.2) is 8.78 Å². The molecule has 0 aliphatic carbocycles. The predicted octanol–water partition coefficient (Wildman–Crippen LogP) is 3.11. The van der Waals surface area contributed by atoms with E-state index in [4.69, 9.17) is 4.84 Å². The number of oxime groups is 1. The average Bonchev–Trinajstić information content (AvgIpc) is 2.92. The molecule has 1 heterocycles. The molecule has 1 unspecified atom stereocenters. The zero-order valence-electron chi connectivity index (χ0n) is 12.8. The summed E-state index contributed by atoms with van der Waals surface area (Å²) >= 11 is 0. The lowest BCUT2D eigenvalue weighted by molar-refractivity contribution is -0.132. The van der Waals surface area contributed by atoms with Gasteiger partial charge in [-0.2, -0.15) is 0 Å². The number of hydrogen-bond donors (Lipinski definition) is 0. The van der Waals surface area contributed by atoms with Crippen molar-refractivity contribution in [2.75, 3.05) is 13.6 Å². The Kier molecular flexibility index (Phi) is 5.46. The highest BCUT2D eigenvalue weighted by atomic mass is 19.1. The minimum Gasteiger partial charge on any atom is -0.391 e. The Hall–Kier alpha value is -1.98. The van der Waals surface area contributed by atoms with Crippen LogP contribution in [0.1, 0.15) is 38.2 Å². The molecule has 1 aliphatic heterocycles. The second-order valence-corrected chi connectivity index (χ2v) is 5.47. The summed E-state index contributed by atoms with van der Waals surface area (Å²) in [6.07, 6.45) is 2.13. The topological polar surface area (TPSA) is 41.9 Å². The van der Waals surface area contributed by atoms with E-state index < -0.39 is 17.7 Å². The fourth-order valence-electron chi connectivity index (χ4n) is 2.29. The lowest BCUT2D eigenvalue weighted by Gasteiger charge is -2.18. The second-order valence-electron chi connectivity index (χ2n) is 5.47. The number of halogens is 2. The monoisotopic (exact) mass is 310 g/mol. The number of amides is 1. The Balaban J connectivity index is 1.90. The standard InChI is InChI=1S/C16H20F2N2O2/c1-3-4-7-20(2)16(21)10-12-9-15(19-22-12)13-6-5-11(17)8-14(13)18/h5-6,8,12H,3-4,7,9-10H2,1-2H3. The molecule has 4 nitrogen and oxygen atoms in total. The maximum absolute atomic E-state index is 13.7. The molecule has 0 aromatic heterocycles. The largest absolute Gasteiger partial charge is 0.391 e. The molecule has 0 spiro atoms. The summed E-state index contributed by atoms with van der Waals surface area (Å²) in [7, 11) is 1.76. The first kappa shape index (κ1) is 16.4. The van der Waals surface area contributed by atoms with Gasteiger partial charge in [0.1, 0.15) is 17.7 Å². The predicted molar refractivity (Wildman–Crippen MR) is 79.5 cm³/mol. The molecule has 0 N–H and O–H groups in total. The van der Waals surface area contributed by atoms with Gasteiger partial charge in [-0.15, -0.1) is 0 Å². The van der Waals surface area contributed by atoms with Crippen LogP contribution in [0.3, 0.4) is 0 Å². The fraction of sp³-hybridized carbons (Fsp3) is 0.500. The van der Waals surface area contributed by atoms with Crippen LogP contribution in [0, 0.1) is 11.6 Å². The van der Waals surface area contributed by atoms with Gasteiger partial charge in [0.25, 0.3) is 0 Å². The lowest BCUT2D eigenvalue weighted by Crippen LogP contribution is -2.30. The van der Waals surface area contributed by atoms with Crippen LogP contribution in [-0.2, 0) is 9.63 Å². The van der Waals surface area contributed by atoms with E-state index in [9.17, 15) is 13.6 Å². The Morgan fingerprint density at radius 2 is 2.23 bits per heavy atom. The first-order chi connectivity index (χ1) is 10.5. The first-order valence-corrected chi connectivity index (χ1v) is 7.43. The highest BCUT2D eigenvalue weighted by Crippen LogP contribution is 2.22. The van der Waals surface area contributed by atoms with E-state index in [2.05, 4.69) is 12.1 Å². The molecule has 1 amide bonds. The van der Waals surface area contributed by atoms with Crippen molar-refractivity contribution in [1.29, 1.82) is 0 Å². The van der Waals surface area contributed by atoms with Crippen LogP contribution in [0.25, 0.3) is 0 Å². The first-order valence-electron chi connectivity index (χ1n) is 7.43. The van der Waals surface area contributed by atoms with Crippen LogP contribution >= 0.6 is 0 Å². The molecular weight excluding hydrogens is 290 g/mol. The summed E-state index contributed by atoms with van der Waals surface area (Å²) in [5.41, 5.74) is 0.627. The van der Waals surface area contributed by atoms with E-state index in [1.54, 1.807) is 11.9 Å². The quantitative estimate of drug-likeness (QED) is 0.810. The van der Waals surface area contributed by atoms with Crippen molar-refractivity contribution in [3.8, 4) is 0 Å². The molecule has 22 heavy (non-hydrogen) atoms. The number of unbranched alkanes of at least 4 members (excludes halogenated alkanes) is 1. The Morgan fingerprint density at radius 3 is 2.91 bits per heavy atom. The van der Waals surface area contributed by atoms with Crippen LogP contribution in [0.2, 0.25) is 0 Å². The molecular formula is C16H20F2N2O2. The molecule has 1 aliphatic rings. The fourth-order valence-corrected chi connectivity index (χ4v) is 2.29. The highest BCUT2D eigenvalue weighted by Gasteiger charge is 2.27. The third-order valence-corrected chi connectivity index (χ3v) is 3.65. The third kappa shape index (κ3) is 4.02. The molecule has 6 heteroatoms. The zero-order valence-corrected chi connectivity index (χ0v) is 12.8. The van der Waals surface area contributed by atoms with E-state index >= 15 is 0 Å². The maximum atomic E-state index is 13.7. The van der Waals surface area contributed by atoms with Gasteiger partial charge in [0.15, 0.2) is 0 Å². The molecule has 2 rings (SSSR count). The summed E-state index contributed by atoms with van der Waals surface area (Å²) in [6, 6.07) is 3.33. The summed E-state index contributed by atoms with van der Waals surface area (Å²) < 4.78 is 26.6. The van der Waals surface area contributed by atoms with E-state index in [1.807, 2.05) is 0 Å². The summed E-state index contributed by atoms with van der Waals surface area (Å²) in [5, 5.41) is 3.84. The summed E-state index contributed by atoms with van der Waals surface area (Å²) in [6.45, 7) is 2.78. The lowest BCUT2D eigenvalue weighted by atomic mass is 10.0. The van der Waals surface area contributed by atoms with Gasteiger partial charge >= 0.3 is 0 Å². The Morgan fingerprint density at radius 1 is 1.45 bits per heavy atom. The maximum Gasteiger partial charge on any atom is 0.226 e. The normalized spacial score (nSPS) is 17.1. The highest BCUT2D eigenvalue weighted by molar-refractivity contribution is 6.01. The number of nitrogens with zero attached hydrogens (tertiary/aromatic N) is 2. The van der Waals surface area contributed by atoms with E-state index in [0.29, 0.717) is 18.7 Å². The molecule has 0 saturated heterocycles. The van der Waals surface area contributed by atoms with Crippen LogP contribution in [0.15, 0.2) is 23.4 Å². The molecule has 0 bridgehead atoms. The van der Waals surface area contributed by atoms with Crippen molar-refractivity contribution in [3.05, 3.63) is 35.4 Å². The number of carbonyl (C=O) groups excluding carboxylic acids is 1. The van der Waals surface area contributed by atoms with Crippen molar-refractivity contribution in [3.63, 3.8) is 0 Å². The van der Waals surface area contributed by atoms with Crippen LogP contribution < -0.4 is 0 Å². The van der Waals surface area contributed by atoms with Crippen molar-refractivity contribution in [1.82, 2.24) is 4.90 Å². The molecule has 120 valence electrons. The van der Waals surface area contributed by atoms with Crippen molar-refractivity contribution < 1.29 is 18.4 Å². The SMILES string of the molecule is CCCCN(C)C(=O)CC1CC(c2ccc(F)cc2F)=NO1. The summed E-state index contributed by atoms with van der Waals surface area (Å²) in [4.78, 5) is 18.9. The van der Waals surface area contributed by atoms with Gasteiger partial charge in [-0.3, -0.25) is 4.79 Å². The van der Waals surface area contributed by atoms with Crippen LogP contribution in [0.4, 0.5) is 8.78 Å². The molecule has 1 aromatic rings. The van der Waals surface area contributed by atoms with Crippen molar-refractivity contribution >= 4 is 11.6 Å². The van der Waals surface area contributed by atoms with E-state index in [0.717, 1.165) is 18.9 Å². The molecule has 1 aromatic carbocycles. The smallest absolute Gasteiger partial charge is 0.226 e. The Labute approximate surface area is 128 Å². The van der Waals surface area contributed by atoms with Crippen molar-refractivity contribution in [2.24, 2.45) is 5.16 Å². The number of rotatable bonds is 6. The van der Waals surface area contributed by atoms with E-state index in [1.165, 1.54) is 12.1 Å². The number of benzene rings is 1. The van der Waals surface area contributed by atoms with Gasteiger partial charge in [0.2, 0.25) is 5.91 Å². The van der Waals surface area contributed by atoms with Crippen LogP contribution in [0.5, 0.6) is 0 Å². The van der Waals surface area contributed by atoms with Gasteiger partial charge in [-0.05, 0) is 18.6 Å². The Bertz CT molecular complexity index is 575. The molecule has 1 atom stereocenters. The van der Waals surface area contributed by atoms with Gasteiger partial charge in [0, 0.05) is 31.6 Å². The minimum absolute atomic E-state index is 0.0190. The average molecular weight is 310 g/mol. The molecule has 0 saturated carbocycles.